The molecule has 2 aliphatic rings. The molecule has 1 atom stereocenters. The molecule has 33 heavy (non-hydrogen) atoms. The van der Waals surface area contributed by atoms with Gasteiger partial charge in [0.2, 0.25) is 0 Å². The van der Waals surface area contributed by atoms with E-state index in [2.05, 4.69) is 4.99 Å². The highest BCUT2D eigenvalue weighted by molar-refractivity contribution is 7.10. The number of thiophene rings is 1. The van der Waals surface area contributed by atoms with Gasteiger partial charge in [-0.25, -0.2) is 9.79 Å². The van der Waals surface area contributed by atoms with Crippen molar-refractivity contribution in [3.8, 4) is 0 Å². The van der Waals surface area contributed by atoms with E-state index in [0.29, 0.717) is 32.7 Å². The van der Waals surface area contributed by atoms with Crippen LogP contribution in [0, 0.1) is 0 Å². The molecule has 168 valence electrons. The van der Waals surface area contributed by atoms with Crippen LogP contribution in [0.1, 0.15) is 37.3 Å². The lowest BCUT2D eigenvalue weighted by atomic mass is 10.0. The zero-order valence-corrected chi connectivity index (χ0v) is 20.0. The molecular weight excluding hydrogens is 458 g/mol. The number of rotatable bonds is 4. The van der Waals surface area contributed by atoms with Crippen LogP contribution in [0.25, 0.3) is 5.57 Å². The molecule has 0 spiro atoms. The highest BCUT2D eigenvalue weighted by Crippen LogP contribution is 2.36. The monoisotopic (exact) mass is 479 g/mol. The van der Waals surface area contributed by atoms with Gasteiger partial charge in [-0.3, -0.25) is 14.2 Å². The Hall–Kier alpha value is -3.30. The predicted molar refractivity (Wildman–Crippen MR) is 128 cm³/mol. The van der Waals surface area contributed by atoms with Crippen LogP contribution in [-0.2, 0) is 14.3 Å². The second-order valence-electron chi connectivity index (χ2n) is 7.58. The van der Waals surface area contributed by atoms with Crippen LogP contribution in [0.5, 0.6) is 0 Å². The average molecular weight is 480 g/mol. The van der Waals surface area contributed by atoms with E-state index < -0.39 is 12.0 Å². The van der Waals surface area contributed by atoms with Crippen LogP contribution in [0.4, 0.5) is 5.69 Å². The topological polar surface area (TPSA) is 81.0 Å². The Morgan fingerprint density at radius 2 is 1.94 bits per heavy atom. The number of fused-ring (bicyclic) bond motifs is 2. The van der Waals surface area contributed by atoms with Crippen molar-refractivity contribution in [3.05, 3.63) is 83.2 Å². The van der Waals surface area contributed by atoms with E-state index in [1.165, 1.54) is 27.2 Å². The minimum Gasteiger partial charge on any atom is -0.463 e. The first kappa shape index (κ1) is 21.5. The Morgan fingerprint density at radius 1 is 1.15 bits per heavy atom. The number of hydrogen-bond donors (Lipinski definition) is 0. The maximum Gasteiger partial charge on any atom is 0.338 e. The highest BCUT2D eigenvalue weighted by Gasteiger charge is 2.37. The summed E-state index contributed by atoms with van der Waals surface area (Å²) >= 11 is 2.65. The van der Waals surface area contributed by atoms with E-state index in [1.807, 2.05) is 48.7 Å². The van der Waals surface area contributed by atoms with Crippen LogP contribution >= 0.6 is 22.7 Å². The second kappa shape index (κ2) is 8.24. The Labute approximate surface area is 197 Å². The number of carbonyl (C=O) groups excluding carboxylic acids is 2. The number of aromatic nitrogens is 1. The number of carbonyl (C=O) groups is 2. The van der Waals surface area contributed by atoms with Gasteiger partial charge in [0.25, 0.3) is 11.5 Å². The second-order valence-corrected chi connectivity index (χ2v) is 9.54. The van der Waals surface area contributed by atoms with Crippen molar-refractivity contribution in [2.45, 2.75) is 26.8 Å². The molecule has 5 rings (SSSR count). The predicted octanol–water partition coefficient (Wildman–Crippen LogP) is 2.60. The van der Waals surface area contributed by atoms with E-state index >= 15 is 0 Å². The maximum atomic E-state index is 13.8. The molecule has 4 heterocycles. The van der Waals surface area contributed by atoms with E-state index in [1.54, 1.807) is 18.7 Å². The summed E-state index contributed by atoms with van der Waals surface area (Å²) in [5.74, 6) is -0.687. The number of para-hydroxylation sites is 1. The lowest BCUT2D eigenvalue weighted by Gasteiger charge is -2.23. The van der Waals surface area contributed by atoms with Gasteiger partial charge >= 0.3 is 5.97 Å². The van der Waals surface area contributed by atoms with Crippen molar-refractivity contribution in [2.75, 3.05) is 18.1 Å². The van der Waals surface area contributed by atoms with Gasteiger partial charge in [-0.15, -0.1) is 11.3 Å². The summed E-state index contributed by atoms with van der Waals surface area (Å²) in [6.07, 6.45) is 0. The Morgan fingerprint density at radius 3 is 2.64 bits per heavy atom. The van der Waals surface area contributed by atoms with Crippen LogP contribution in [0.15, 0.2) is 62.8 Å². The number of thiazole rings is 1. The number of ether oxygens (including phenoxy) is 1. The molecular formula is C24H21N3O4S2. The van der Waals surface area contributed by atoms with Crippen molar-refractivity contribution in [2.24, 2.45) is 4.99 Å². The van der Waals surface area contributed by atoms with Crippen molar-refractivity contribution in [1.29, 1.82) is 0 Å². The molecule has 0 aliphatic carbocycles. The van der Waals surface area contributed by atoms with E-state index in [-0.39, 0.29) is 18.1 Å². The van der Waals surface area contributed by atoms with Crippen molar-refractivity contribution < 1.29 is 14.3 Å². The molecule has 1 unspecified atom stereocenters. The number of anilines is 1. The van der Waals surface area contributed by atoms with Gasteiger partial charge in [0.05, 0.1) is 29.1 Å². The van der Waals surface area contributed by atoms with Crippen molar-refractivity contribution in [3.63, 3.8) is 0 Å². The molecule has 2 aliphatic heterocycles. The Balaban J connectivity index is 1.82. The molecule has 1 amide bonds. The van der Waals surface area contributed by atoms with Crippen LogP contribution in [0.3, 0.4) is 0 Å². The summed E-state index contributed by atoms with van der Waals surface area (Å²) in [5.41, 5.74) is 2.45. The molecule has 3 aromatic rings. The third kappa shape index (κ3) is 3.22. The normalized spacial score (nSPS) is 18.8. The maximum absolute atomic E-state index is 13.8. The fraction of sp³-hybridized carbons (Fsp3) is 0.250. The number of likely N-dealkylation sites (N-methyl/N-ethyl adjacent to an activating group) is 1. The summed E-state index contributed by atoms with van der Waals surface area (Å²) in [4.78, 5) is 47.6. The molecule has 0 N–H and O–H groups in total. The molecule has 0 fully saturated rings. The molecule has 7 nitrogen and oxygen atoms in total. The van der Waals surface area contributed by atoms with Crippen LogP contribution in [0.2, 0.25) is 0 Å². The van der Waals surface area contributed by atoms with Gasteiger partial charge in [-0.1, -0.05) is 35.6 Å². The molecule has 0 saturated carbocycles. The number of hydrogen-bond acceptors (Lipinski definition) is 7. The number of amides is 1. The summed E-state index contributed by atoms with van der Waals surface area (Å²) in [7, 11) is 0. The standard InChI is InChI=1S/C24H21N3O4S2/c1-4-26-15-10-7-6-9-14(15)18(21(26)28)20-22(29)27-19(16-11-8-12-32-16)17(23(30)31-5-2)13(3)25-24(27)33-20/h6-12,19H,4-5H2,1-3H3/b20-18+. The van der Waals surface area contributed by atoms with Gasteiger partial charge in [0.15, 0.2) is 4.80 Å². The first-order valence-corrected chi connectivity index (χ1v) is 12.3. The molecule has 2 aromatic heterocycles. The quantitative estimate of drug-likeness (QED) is 0.539. The van der Waals surface area contributed by atoms with Crippen LogP contribution in [-0.4, -0.2) is 29.6 Å². The smallest absolute Gasteiger partial charge is 0.338 e. The fourth-order valence-corrected chi connectivity index (χ4v) is 6.33. The average Bonchev–Trinajstić information content (AvgIpc) is 3.50. The van der Waals surface area contributed by atoms with E-state index in [9.17, 15) is 14.4 Å². The Bertz CT molecular complexity index is 1490. The van der Waals surface area contributed by atoms with Crippen LogP contribution < -0.4 is 19.8 Å². The molecule has 1 aromatic carbocycles. The number of allylic oxidation sites excluding steroid dienone is 1. The lowest BCUT2D eigenvalue weighted by molar-refractivity contribution is -0.139. The van der Waals surface area contributed by atoms with Gasteiger partial charge in [0, 0.05) is 17.0 Å². The summed E-state index contributed by atoms with van der Waals surface area (Å²) in [6, 6.07) is 10.6. The molecule has 9 heteroatoms. The van der Waals surface area contributed by atoms with E-state index in [4.69, 9.17) is 4.74 Å². The fourth-order valence-electron chi connectivity index (χ4n) is 4.37. The van der Waals surface area contributed by atoms with Crippen molar-refractivity contribution >= 4 is 45.8 Å². The number of nitrogens with zero attached hydrogens (tertiary/aromatic N) is 3. The largest absolute Gasteiger partial charge is 0.463 e. The Kier molecular flexibility index (Phi) is 5.38. The third-order valence-electron chi connectivity index (χ3n) is 5.77. The van der Waals surface area contributed by atoms with Gasteiger partial charge < -0.3 is 9.64 Å². The number of esters is 1. The minimum atomic E-state index is -0.649. The minimum absolute atomic E-state index is 0.196. The highest BCUT2D eigenvalue weighted by atomic mass is 32.1. The lowest BCUT2D eigenvalue weighted by Crippen LogP contribution is -2.40. The first-order valence-electron chi connectivity index (χ1n) is 10.6. The summed E-state index contributed by atoms with van der Waals surface area (Å²) < 4.78 is 7.17. The number of benzene rings is 1. The molecule has 0 bridgehead atoms. The first-order chi connectivity index (χ1) is 16.0. The van der Waals surface area contributed by atoms with E-state index in [0.717, 1.165) is 16.1 Å². The van der Waals surface area contributed by atoms with Gasteiger partial charge in [-0.2, -0.15) is 0 Å². The summed E-state index contributed by atoms with van der Waals surface area (Å²) in [5, 5.41) is 1.90. The van der Waals surface area contributed by atoms with Gasteiger partial charge in [-0.05, 0) is 38.3 Å². The summed E-state index contributed by atoms with van der Waals surface area (Å²) in [6.45, 7) is 6.13. The zero-order valence-electron chi connectivity index (χ0n) is 18.3. The molecule has 0 saturated heterocycles. The van der Waals surface area contributed by atoms with Gasteiger partial charge in [0.1, 0.15) is 10.6 Å². The third-order valence-corrected chi connectivity index (χ3v) is 7.75. The SMILES string of the molecule is CCOC(=O)C1=C(C)N=c2s/c(=C3/C(=O)N(CC)c4ccccc43)c(=O)n2C1c1cccs1. The van der Waals surface area contributed by atoms with Crippen molar-refractivity contribution in [1.82, 2.24) is 4.57 Å². The zero-order chi connectivity index (χ0) is 23.3. The molecule has 0 radical (unpaired) electrons.